The van der Waals surface area contributed by atoms with Gasteiger partial charge in [-0.1, -0.05) is 32.0 Å². The van der Waals surface area contributed by atoms with Crippen LogP contribution in [-0.2, 0) is 11.2 Å². The van der Waals surface area contributed by atoms with Crippen LogP contribution in [0.25, 0.3) is 0 Å². The molecule has 3 heteroatoms. The first-order valence-electron chi connectivity index (χ1n) is 6.97. The van der Waals surface area contributed by atoms with Crippen molar-refractivity contribution in [3.05, 3.63) is 29.8 Å². The minimum absolute atomic E-state index is 0.0973. The van der Waals surface area contributed by atoms with E-state index in [9.17, 15) is 4.79 Å². The normalized spacial score (nSPS) is 22.6. The van der Waals surface area contributed by atoms with Crippen molar-refractivity contribution in [3.63, 3.8) is 0 Å². The van der Waals surface area contributed by atoms with Crippen molar-refractivity contribution in [2.24, 2.45) is 5.92 Å². The first kappa shape index (κ1) is 13.9. The zero-order chi connectivity index (χ0) is 13.9. The molecule has 0 spiro atoms. The molecule has 1 atom stereocenters. The van der Waals surface area contributed by atoms with E-state index >= 15 is 0 Å². The molecule has 0 aliphatic carbocycles. The highest BCUT2D eigenvalue weighted by molar-refractivity contribution is 5.79. The number of hydrogen-bond acceptors (Lipinski definition) is 2. The monoisotopic (exact) mass is 261 g/mol. The van der Waals surface area contributed by atoms with Gasteiger partial charge in [0, 0.05) is 12.0 Å². The number of benzene rings is 1. The van der Waals surface area contributed by atoms with Crippen LogP contribution in [0.2, 0.25) is 0 Å². The number of hydrogen-bond donors (Lipinski definition) is 1. The van der Waals surface area contributed by atoms with E-state index in [1.165, 1.54) is 5.56 Å². The van der Waals surface area contributed by atoms with Crippen molar-refractivity contribution in [1.82, 2.24) is 5.32 Å². The fourth-order valence-electron chi connectivity index (χ4n) is 3.13. The van der Waals surface area contributed by atoms with E-state index in [0.717, 1.165) is 25.0 Å². The first-order valence-corrected chi connectivity index (χ1v) is 6.97. The van der Waals surface area contributed by atoms with Crippen LogP contribution >= 0.6 is 0 Å². The summed E-state index contributed by atoms with van der Waals surface area (Å²) in [5, 5.41) is 3.20. The maximum Gasteiger partial charge on any atom is 0.220 e. The molecule has 2 rings (SSSR count). The molecule has 1 aromatic rings. The number of nitrogens with one attached hydrogen (secondary N) is 1. The Morgan fingerprint density at radius 2 is 2.11 bits per heavy atom. The van der Waals surface area contributed by atoms with Gasteiger partial charge in [0.1, 0.15) is 5.75 Å². The summed E-state index contributed by atoms with van der Waals surface area (Å²) in [5.74, 6) is 1.65. The van der Waals surface area contributed by atoms with Gasteiger partial charge >= 0.3 is 0 Å². The lowest BCUT2D eigenvalue weighted by Crippen LogP contribution is -2.44. The van der Waals surface area contributed by atoms with E-state index in [0.29, 0.717) is 12.3 Å². The Morgan fingerprint density at radius 3 is 2.68 bits per heavy atom. The standard InChI is InChI=1S/C16H23NO2/c1-12(2)10-16(9-8-15(18)17-16)11-13-6-4-5-7-14(13)19-3/h4-7,12H,8-11H2,1-3H3,(H,17,18). The van der Waals surface area contributed by atoms with Crippen LogP contribution in [0.15, 0.2) is 24.3 Å². The van der Waals surface area contributed by atoms with Crippen LogP contribution in [-0.4, -0.2) is 18.6 Å². The average Bonchev–Trinajstić information content (AvgIpc) is 2.70. The van der Waals surface area contributed by atoms with Gasteiger partial charge in [0.15, 0.2) is 0 Å². The number of carbonyl (C=O) groups is 1. The fourth-order valence-corrected chi connectivity index (χ4v) is 3.13. The molecule has 1 N–H and O–H groups in total. The Labute approximate surface area is 115 Å². The molecule has 1 aliphatic rings. The quantitative estimate of drug-likeness (QED) is 0.885. The summed E-state index contributed by atoms with van der Waals surface area (Å²) in [6.07, 6.45) is 3.42. The highest BCUT2D eigenvalue weighted by atomic mass is 16.5. The highest BCUT2D eigenvalue weighted by Crippen LogP contribution is 2.33. The molecule has 1 heterocycles. The second-order valence-corrected chi connectivity index (χ2v) is 5.92. The van der Waals surface area contributed by atoms with Crippen molar-refractivity contribution in [2.45, 2.75) is 45.1 Å². The van der Waals surface area contributed by atoms with Gasteiger partial charge in [0.25, 0.3) is 0 Å². The van der Waals surface area contributed by atoms with Crippen LogP contribution in [0.5, 0.6) is 5.75 Å². The smallest absolute Gasteiger partial charge is 0.220 e. The highest BCUT2D eigenvalue weighted by Gasteiger charge is 2.38. The number of ether oxygens (including phenoxy) is 1. The van der Waals surface area contributed by atoms with E-state index in [1.807, 2.05) is 18.2 Å². The topological polar surface area (TPSA) is 38.3 Å². The summed E-state index contributed by atoms with van der Waals surface area (Å²) in [7, 11) is 1.70. The van der Waals surface area contributed by atoms with Crippen LogP contribution in [0.1, 0.15) is 38.7 Å². The molecule has 1 fully saturated rings. The lowest BCUT2D eigenvalue weighted by atomic mass is 9.82. The third-order valence-corrected chi connectivity index (χ3v) is 3.76. The third kappa shape index (κ3) is 3.28. The van der Waals surface area contributed by atoms with Gasteiger partial charge < -0.3 is 10.1 Å². The SMILES string of the molecule is COc1ccccc1CC1(CC(C)C)CCC(=O)N1. The molecule has 1 saturated heterocycles. The van der Waals surface area contributed by atoms with E-state index in [2.05, 4.69) is 25.2 Å². The van der Waals surface area contributed by atoms with Gasteiger partial charge in [-0.25, -0.2) is 0 Å². The summed E-state index contributed by atoms with van der Waals surface area (Å²) in [4.78, 5) is 11.6. The molecular weight excluding hydrogens is 238 g/mol. The second kappa shape index (κ2) is 5.64. The fraction of sp³-hybridized carbons (Fsp3) is 0.562. The Morgan fingerprint density at radius 1 is 1.37 bits per heavy atom. The number of amides is 1. The molecule has 1 unspecified atom stereocenters. The minimum atomic E-state index is -0.0973. The van der Waals surface area contributed by atoms with Crippen molar-refractivity contribution >= 4 is 5.91 Å². The zero-order valence-corrected chi connectivity index (χ0v) is 12.0. The molecule has 19 heavy (non-hydrogen) atoms. The molecule has 0 bridgehead atoms. The maximum absolute atomic E-state index is 11.6. The van der Waals surface area contributed by atoms with Gasteiger partial charge in [-0.3, -0.25) is 4.79 Å². The molecular formula is C16H23NO2. The molecule has 0 saturated carbocycles. The lowest BCUT2D eigenvalue weighted by Gasteiger charge is -2.31. The largest absolute Gasteiger partial charge is 0.496 e. The van der Waals surface area contributed by atoms with E-state index in [4.69, 9.17) is 4.74 Å². The zero-order valence-electron chi connectivity index (χ0n) is 12.0. The number of carbonyl (C=O) groups excluding carboxylic acids is 1. The maximum atomic E-state index is 11.6. The summed E-state index contributed by atoms with van der Waals surface area (Å²) in [6, 6.07) is 8.07. The van der Waals surface area contributed by atoms with Crippen LogP contribution in [0.4, 0.5) is 0 Å². The number of rotatable bonds is 5. The summed E-state index contributed by atoms with van der Waals surface area (Å²) < 4.78 is 5.42. The molecule has 104 valence electrons. The van der Waals surface area contributed by atoms with Gasteiger partial charge in [-0.2, -0.15) is 0 Å². The minimum Gasteiger partial charge on any atom is -0.496 e. The Kier molecular flexibility index (Phi) is 4.13. The molecule has 3 nitrogen and oxygen atoms in total. The van der Waals surface area contributed by atoms with Crippen molar-refractivity contribution in [1.29, 1.82) is 0 Å². The Bertz CT molecular complexity index is 456. The van der Waals surface area contributed by atoms with Gasteiger partial charge in [-0.15, -0.1) is 0 Å². The van der Waals surface area contributed by atoms with Crippen LogP contribution in [0.3, 0.4) is 0 Å². The number of para-hydroxylation sites is 1. The summed E-state index contributed by atoms with van der Waals surface area (Å²) in [5.41, 5.74) is 1.08. The van der Waals surface area contributed by atoms with Crippen molar-refractivity contribution in [3.8, 4) is 5.75 Å². The van der Waals surface area contributed by atoms with Crippen LogP contribution < -0.4 is 10.1 Å². The molecule has 0 aromatic heterocycles. The van der Waals surface area contributed by atoms with E-state index in [1.54, 1.807) is 7.11 Å². The van der Waals surface area contributed by atoms with Crippen molar-refractivity contribution < 1.29 is 9.53 Å². The molecule has 1 amide bonds. The van der Waals surface area contributed by atoms with Crippen molar-refractivity contribution in [2.75, 3.05) is 7.11 Å². The van der Waals surface area contributed by atoms with Gasteiger partial charge in [0.05, 0.1) is 7.11 Å². The summed E-state index contributed by atoms with van der Waals surface area (Å²) >= 11 is 0. The third-order valence-electron chi connectivity index (χ3n) is 3.76. The van der Waals surface area contributed by atoms with E-state index < -0.39 is 0 Å². The molecule has 1 aromatic carbocycles. The van der Waals surface area contributed by atoms with E-state index in [-0.39, 0.29) is 11.4 Å². The van der Waals surface area contributed by atoms with Gasteiger partial charge in [-0.05, 0) is 36.8 Å². The Balaban J connectivity index is 2.23. The lowest BCUT2D eigenvalue weighted by molar-refractivity contribution is -0.119. The predicted octanol–water partition coefficient (Wildman–Crippen LogP) is 2.93. The summed E-state index contributed by atoms with van der Waals surface area (Å²) in [6.45, 7) is 4.41. The molecule has 1 aliphatic heterocycles. The second-order valence-electron chi connectivity index (χ2n) is 5.92. The van der Waals surface area contributed by atoms with Gasteiger partial charge in [0.2, 0.25) is 5.91 Å². The molecule has 0 radical (unpaired) electrons. The predicted molar refractivity (Wildman–Crippen MR) is 76.3 cm³/mol. The van der Waals surface area contributed by atoms with Crippen LogP contribution in [0, 0.1) is 5.92 Å². The number of methoxy groups -OCH3 is 1. The first-order chi connectivity index (χ1) is 9.04. The average molecular weight is 261 g/mol. The Hall–Kier alpha value is -1.51.